The molecule has 1 fully saturated rings. The van der Waals surface area contributed by atoms with Crippen LogP contribution in [0.15, 0.2) is 24.3 Å². The van der Waals surface area contributed by atoms with E-state index in [-0.39, 0.29) is 5.41 Å². The summed E-state index contributed by atoms with van der Waals surface area (Å²) in [5.74, 6) is 0. The van der Waals surface area contributed by atoms with Crippen molar-refractivity contribution in [3.63, 3.8) is 0 Å². The van der Waals surface area contributed by atoms with Gasteiger partial charge < -0.3 is 5.73 Å². The summed E-state index contributed by atoms with van der Waals surface area (Å²) in [6, 6.07) is 10.5. The number of benzene rings is 1. The Bertz CT molecular complexity index is 440. The van der Waals surface area contributed by atoms with Crippen molar-refractivity contribution >= 4 is 5.69 Å². The summed E-state index contributed by atoms with van der Waals surface area (Å²) in [5, 5.41) is 8.92. The summed E-state index contributed by atoms with van der Waals surface area (Å²) in [6.45, 7) is 5.32. The third-order valence-electron chi connectivity index (χ3n) is 3.90. The Balaban J connectivity index is 1.96. The van der Waals surface area contributed by atoms with E-state index in [0.29, 0.717) is 6.42 Å². The lowest BCUT2D eigenvalue weighted by Gasteiger charge is -2.26. The van der Waals surface area contributed by atoms with Crippen LogP contribution in [-0.4, -0.2) is 18.0 Å². The maximum Gasteiger partial charge on any atom is 0.0628 e. The minimum absolute atomic E-state index is 0.289. The van der Waals surface area contributed by atoms with Gasteiger partial charge in [0.2, 0.25) is 0 Å². The number of nitrogen functional groups attached to an aromatic ring is 1. The fourth-order valence-corrected chi connectivity index (χ4v) is 2.62. The minimum atomic E-state index is 0.289. The number of nitrogens with zero attached hydrogens (tertiary/aromatic N) is 2. The van der Waals surface area contributed by atoms with Crippen molar-refractivity contribution in [3.05, 3.63) is 29.8 Å². The molecule has 0 spiro atoms. The van der Waals surface area contributed by atoms with E-state index < -0.39 is 0 Å². The Labute approximate surface area is 116 Å². The zero-order valence-corrected chi connectivity index (χ0v) is 11.7. The summed E-state index contributed by atoms with van der Waals surface area (Å²) >= 11 is 0. The molecule has 3 nitrogen and oxygen atoms in total. The summed E-state index contributed by atoms with van der Waals surface area (Å²) in [6.07, 6.45) is 4.28. The second-order valence-corrected chi connectivity index (χ2v) is 5.79. The van der Waals surface area contributed by atoms with Gasteiger partial charge in [-0.05, 0) is 48.9 Å². The van der Waals surface area contributed by atoms with Gasteiger partial charge in [-0.3, -0.25) is 4.90 Å². The van der Waals surface area contributed by atoms with E-state index in [4.69, 9.17) is 11.0 Å². The van der Waals surface area contributed by atoms with Gasteiger partial charge in [0.05, 0.1) is 6.07 Å². The van der Waals surface area contributed by atoms with E-state index in [9.17, 15) is 0 Å². The molecule has 2 rings (SSSR count). The van der Waals surface area contributed by atoms with Crippen LogP contribution in [0.5, 0.6) is 0 Å². The first-order valence-electron chi connectivity index (χ1n) is 7.11. The monoisotopic (exact) mass is 257 g/mol. The van der Waals surface area contributed by atoms with Gasteiger partial charge in [-0.1, -0.05) is 19.1 Å². The van der Waals surface area contributed by atoms with Gasteiger partial charge in [-0.25, -0.2) is 0 Å². The fourth-order valence-electron chi connectivity index (χ4n) is 2.62. The Morgan fingerprint density at radius 1 is 1.32 bits per heavy atom. The van der Waals surface area contributed by atoms with Gasteiger partial charge in [0.25, 0.3) is 0 Å². The van der Waals surface area contributed by atoms with Crippen LogP contribution in [0.3, 0.4) is 0 Å². The van der Waals surface area contributed by atoms with Crippen LogP contribution in [0, 0.1) is 16.7 Å². The summed E-state index contributed by atoms with van der Waals surface area (Å²) in [7, 11) is 0. The molecule has 2 N–H and O–H groups in total. The van der Waals surface area contributed by atoms with E-state index in [1.807, 2.05) is 12.1 Å². The first-order valence-corrected chi connectivity index (χ1v) is 7.11. The van der Waals surface area contributed by atoms with Crippen molar-refractivity contribution in [1.29, 1.82) is 5.26 Å². The lowest BCUT2D eigenvalue weighted by atomic mass is 10.0. The average molecular weight is 257 g/mol. The minimum Gasteiger partial charge on any atom is -0.399 e. The predicted octanol–water partition coefficient (Wildman–Crippen LogP) is 3.17. The highest BCUT2D eigenvalue weighted by Gasteiger charge is 2.43. The molecule has 0 unspecified atom stereocenters. The Morgan fingerprint density at radius 3 is 2.53 bits per heavy atom. The third-order valence-corrected chi connectivity index (χ3v) is 3.90. The Kier molecular flexibility index (Phi) is 4.44. The SMILES string of the molecule is CCCN(Cc1ccc(N)cc1)CC1(CC#N)CC1. The average Bonchev–Trinajstić information content (AvgIpc) is 3.12. The first-order chi connectivity index (χ1) is 9.17. The predicted molar refractivity (Wildman–Crippen MR) is 78.3 cm³/mol. The van der Waals surface area contributed by atoms with Crippen molar-refractivity contribution < 1.29 is 0 Å². The second-order valence-electron chi connectivity index (χ2n) is 5.79. The van der Waals surface area contributed by atoms with Crippen LogP contribution in [0.4, 0.5) is 5.69 Å². The fraction of sp³-hybridized carbons (Fsp3) is 0.562. The van der Waals surface area contributed by atoms with Crippen molar-refractivity contribution in [2.45, 2.75) is 39.2 Å². The van der Waals surface area contributed by atoms with Crippen LogP contribution in [0.25, 0.3) is 0 Å². The van der Waals surface area contributed by atoms with E-state index in [2.05, 4.69) is 30.0 Å². The Hall–Kier alpha value is -1.53. The number of hydrogen-bond acceptors (Lipinski definition) is 3. The summed E-state index contributed by atoms with van der Waals surface area (Å²) in [5.41, 5.74) is 8.12. The quantitative estimate of drug-likeness (QED) is 0.763. The van der Waals surface area contributed by atoms with Gasteiger partial charge in [0, 0.05) is 25.2 Å². The highest BCUT2D eigenvalue weighted by Crippen LogP contribution is 2.49. The summed E-state index contributed by atoms with van der Waals surface area (Å²) in [4.78, 5) is 2.48. The van der Waals surface area contributed by atoms with E-state index >= 15 is 0 Å². The third kappa shape index (κ3) is 3.97. The number of anilines is 1. The maximum atomic E-state index is 8.92. The smallest absolute Gasteiger partial charge is 0.0628 e. The van der Waals surface area contributed by atoms with E-state index in [0.717, 1.165) is 31.7 Å². The van der Waals surface area contributed by atoms with Gasteiger partial charge in [0.1, 0.15) is 0 Å². The molecule has 3 heteroatoms. The number of nitrogens with two attached hydrogens (primary N) is 1. The molecule has 102 valence electrons. The molecule has 0 atom stereocenters. The van der Waals surface area contributed by atoms with Gasteiger partial charge in [-0.2, -0.15) is 5.26 Å². The molecule has 0 aliphatic heterocycles. The lowest BCUT2D eigenvalue weighted by molar-refractivity contribution is 0.213. The highest BCUT2D eigenvalue weighted by atomic mass is 15.1. The molecule has 1 saturated carbocycles. The Morgan fingerprint density at radius 2 is 2.00 bits per heavy atom. The molecule has 19 heavy (non-hydrogen) atoms. The molecule has 0 amide bonds. The topological polar surface area (TPSA) is 53.0 Å². The van der Waals surface area contributed by atoms with Crippen LogP contribution in [-0.2, 0) is 6.54 Å². The number of hydrogen-bond donors (Lipinski definition) is 1. The number of nitriles is 1. The molecule has 0 radical (unpaired) electrons. The normalized spacial score (nSPS) is 16.3. The molecule has 1 aliphatic rings. The molecule has 0 bridgehead atoms. The van der Waals surface area contributed by atoms with Crippen LogP contribution >= 0.6 is 0 Å². The van der Waals surface area contributed by atoms with Crippen LogP contribution < -0.4 is 5.73 Å². The van der Waals surface area contributed by atoms with E-state index in [1.165, 1.54) is 18.4 Å². The molecular weight excluding hydrogens is 234 g/mol. The standard InChI is InChI=1S/C16H23N3/c1-2-11-19(13-16(7-8-16)9-10-17)12-14-3-5-15(18)6-4-14/h3-6H,2,7-9,11-13,18H2,1H3. The molecule has 0 saturated heterocycles. The lowest BCUT2D eigenvalue weighted by Crippen LogP contribution is -2.30. The molecule has 0 heterocycles. The van der Waals surface area contributed by atoms with Gasteiger partial charge >= 0.3 is 0 Å². The van der Waals surface area contributed by atoms with Crippen molar-refractivity contribution in [2.75, 3.05) is 18.8 Å². The number of rotatable bonds is 7. The molecule has 1 aromatic carbocycles. The highest BCUT2D eigenvalue weighted by molar-refractivity contribution is 5.39. The zero-order valence-electron chi connectivity index (χ0n) is 11.7. The largest absolute Gasteiger partial charge is 0.399 e. The zero-order chi connectivity index (χ0) is 13.7. The molecule has 0 aromatic heterocycles. The van der Waals surface area contributed by atoms with Crippen molar-refractivity contribution in [1.82, 2.24) is 4.90 Å². The molecule has 1 aliphatic carbocycles. The van der Waals surface area contributed by atoms with Crippen LogP contribution in [0.1, 0.15) is 38.2 Å². The molecule has 1 aromatic rings. The van der Waals surface area contributed by atoms with E-state index in [1.54, 1.807) is 0 Å². The van der Waals surface area contributed by atoms with Crippen molar-refractivity contribution in [2.24, 2.45) is 5.41 Å². The second kappa shape index (κ2) is 6.08. The van der Waals surface area contributed by atoms with Gasteiger partial charge in [-0.15, -0.1) is 0 Å². The van der Waals surface area contributed by atoms with Crippen LogP contribution in [0.2, 0.25) is 0 Å². The first kappa shape index (κ1) is 13.9. The van der Waals surface area contributed by atoms with Gasteiger partial charge in [0.15, 0.2) is 0 Å². The molecular formula is C16H23N3. The summed E-state index contributed by atoms with van der Waals surface area (Å²) < 4.78 is 0. The van der Waals surface area contributed by atoms with Crippen molar-refractivity contribution in [3.8, 4) is 6.07 Å². The maximum absolute atomic E-state index is 8.92.